The summed E-state index contributed by atoms with van der Waals surface area (Å²) in [6, 6.07) is 9.85. The fourth-order valence-corrected chi connectivity index (χ4v) is 3.43. The van der Waals surface area contributed by atoms with E-state index >= 15 is 0 Å². The summed E-state index contributed by atoms with van der Waals surface area (Å²) in [6.07, 6.45) is 8.16. The summed E-state index contributed by atoms with van der Waals surface area (Å²) < 4.78 is 0. The first kappa shape index (κ1) is 13.5. The predicted octanol–water partition coefficient (Wildman–Crippen LogP) is 4.75. The van der Waals surface area contributed by atoms with Gasteiger partial charge in [-0.15, -0.1) is 0 Å². The first-order chi connectivity index (χ1) is 9.24. The van der Waals surface area contributed by atoms with Crippen LogP contribution >= 0.6 is 11.6 Å². The van der Waals surface area contributed by atoms with E-state index in [0.29, 0.717) is 0 Å². The molecule has 0 radical (unpaired) electrons. The van der Waals surface area contributed by atoms with Gasteiger partial charge in [0, 0.05) is 17.1 Å². The summed E-state index contributed by atoms with van der Waals surface area (Å²) in [4.78, 5) is 0. The molecule has 0 aromatic heterocycles. The van der Waals surface area contributed by atoms with E-state index in [4.69, 9.17) is 11.6 Å². The summed E-state index contributed by atoms with van der Waals surface area (Å²) in [6.45, 7) is 2.31. The van der Waals surface area contributed by atoms with Crippen molar-refractivity contribution in [1.82, 2.24) is 5.32 Å². The quantitative estimate of drug-likeness (QED) is 0.791. The van der Waals surface area contributed by atoms with Gasteiger partial charge in [-0.3, -0.25) is 0 Å². The van der Waals surface area contributed by atoms with Gasteiger partial charge in [-0.05, 0) is 55.2 Å². The molecular weight excluding hydrogens is 254 g/mol. The van der Waals surface area contributed by atoms with E-state index in [0.717, 1.165) is 28.9 Å². The third-order valence-corrected chi connectivity index (χ3v) is 4.97. The molecule has 2 heteroatoms. The molecule has 0 aliphatic heterocycles. The lowest BCUT2D eigenvalue weighted by molar-refractivity contribution is 0.252. The van der Waals surface area contributed by atoms with Gasteiger partial charge in [0.25, 0.3) is 0 Å². The Kier molecular flexibility index (Phi) is 4.14. The maximum Gasteiger partial charge on any atom is 0.0408 e. The fraction of sp³-hybridized carbons (Fsp3) is 0.647. The standard InChI is InChI=1S/C17H24ClN/c1-2-16(8-12-6-7-12)19-17-10-14(11-17)13-4-3-5-15(18)9-13/h3-5,9,12,14,16-17,19H,2,6-8,10-11H2,1H3. The zero-order chi connectivity index (χ0) is 13.2. The molecule has 1 unspecified atom stereocenters. The zero-order valence-corrected chi connectivity index (χ0v) is 12.5. The van der Waals surface area contributed by atoms with Gasteiger partial charge in [0.05, 0.1) is 0 Å². The molecule has 0 amide bonds. The molecule has 3 rings (SSSR count). The molecule has 0 spiro atoms. The predicted molar refractivity (Wildman–Crippen MR) is 81.8 cm³/mol. The minimum atomic E-state index is 0.717. The van der Waals surface area contributed by atoms with E-state index in [1.54, 1.807) is 0 Å². The van der Waals surface area contributed by atoms with Crippen LogP contribution in [0.5, 0.6) is 0 Å². The molecule has 2 aliphatic rings. The van der Waals surface area contributed by atoms with Crippen molar-refractivity contribution in [1.29, 1.82) is 0 Å². The molecule has 19 heavy (non-hydrogen) atoms. The number of halogens is 1. The van der Waals surface area contributed by atoms with Crippen LogP contribution in [0.3, 0.4) is 0 Å². The van der Waals surface area contributed by atoms with Gasteiger partial charge in [0.1, 0.15) is 0 Å². The lowest BCUT2D eigenvalue weighted by atomic mass is 9.75. The van der Waals surface area contributed by atoms with Crippen molar-refractivity contribution < 1.29 is 0 Å². The molecule has 0 heterocycles. The Hall–Kier alpha value is -0.530. The van der Waals surface area contributed by atoms with Crippen molar-refractivity contribution in [2.45, 2.75) is 63.5 Å². The van der Waals surface area contributed by atoms with Crippen molar-refractivity contribution >= 4 is 11.6 Å². The topological polar surface area (TPSA) is 12.0 Å². The van der Waals surface area contributed by atoms with Crippen LogP contribution in [0.15, 0.2) is 24.3 Å². The van der Waals surface area contributed by atoms with Crippen molar-refractivity contribution in [2.24, 2.45) is 5.92 Å². The molecule has 1 nitrogen and oxygen atoms in total. The second-order valence-electron chi connectivity index (χ2n) is 6.37. The van der Waals surface area contributed by atoms with Gasteiger partial charge >= 0.3 is 0 Å². The van der Waals surface area contributed by atoms with E-state index in [1.165, 1.54) is 44.1 Å². The molecule has 1 aromatic carbocycles. The molecule has 0 saturated heterocycles. The fourth-order valence-electron chi connectivity index (χ4n) is 3.23. The minimum Gasteiger partial charge on any atom is -0.311 e. The van der Waals surface area contributed by atoms with Gasteiger partial charge in [-0.2, -0.15) is 0 Å². The summed E-state index contributed by atoms with van der Waals surface area (Å²) in [5.41, 5.74) is 1.42. The second kappa shape index (κ2) is 5.85. The number of nitrogens with one attached hydrogen (secondary N) is 1. The van der Waals surface area contributed by atoms with E-state index in [2.05, 4.69) is 30.4 Å². The highest BCUT2D eigenvalue weighted by atomic mass is 35.5. The van der Waals surface area contributed by atoms with E-state index in [9.17, 15) is 0 Å². The van der Waals surface area contributed by atoms with Crippen LogP contribution in [0.25, 0.3) is 0 Å². The SMILES string of the molecule is CCC(CC1CC1)NC1CC(c2cccc(Cl)c2)C1. The summed E-state index contributed by atoms with van der Waals surface area (Å²) in [5, 5.41) is 4.73. The van der Waals surface area contributed by atoms with Gasteiger partial charge in [0.2, 0.25) is 0 Å². The van der Waals surface area contributed by atoms with Crippen LogP contribution in [0.1, 0.15) is 56.9 Å². The highest BCUT2D eigenvalue weighted by Crippen LogP contribution is 2.39. The van der Waals surface area contributed by atoms with Crippen LogP contribution in [0.2, 0.25) is 5.02 Å². The Morgan fingerprint density at radius 2 is 2.11 bits per heavy atom. The van der Waals surface area contributed by atoms with Crippen LogP contribution in [-0.2, 0) is 0 Å². The maximum atomic E-state index is 6.06. The second-order valence-corrected chi connectivity index (χ2v) is 6.81. The largest absolute Gasteiger partial charge is 0.311 e. The average molecular weight is 278 g/mol. The van der Waals surface area contributed by atoms with Crippen molar-refractivity contribution in [3.63, 3.8) is 0 Å². The van der Waals surface area contributed by atoms with Crippen molar-refractivity contribution in [2.75, 3.05) is 0 Å². The monoisotopic (exact) mass is 277 g/mol. The maximum absolute atomic E-state index is 6.06. The molecular formula is C17H24ClN. The lowest BCUT2D eigenvalue weighted by Crippen LogP contribution is -2.45. The van der Waals surface area contributed by atoms with E-state index < -0.39 is 0 Å². The first-order valence-corrected chi connectivity index (χ1v) is 8.14. The smallest absolute Gasteiger partial charge is 0.0408 e. The van der Waals surface area contributed by atoms with Crippen LogP contribution in [-0.4, -0.2) is 12.1 Å². The third kappa shape index (κ3) is 3.52. The number of hydrogen-bond acceptors (Lipinski definition) is 1. The number of benzene rings is 1. The molecule has 0 bridgehead atoms. The Bertz CT molecular complexity index is 421. The molecule has 2 aliphatic carbocycles. The summed E-state index contributed by atoms with van der Waals surface area (Å²) in [5.74, 6) is 1.75. The number of hydrogen-bond donors (Lipinski definition) is 1. The van der Waals surface area contributed by atoms with Crippen LogP contribution in [0, 0.1) is 5.92 Å². The Labute approximate surface area is 121 Å². The molecule has 1 atom stereocenters. The average Bonchev–Trinajstić information content (AvgIpc) is 3.15. The van der Waals surface area contributed by atoms with Crippen molar-refractivity contribution in [3.8, 4) is 0 Å². The Morgan fingerprint density at radius 3 is 2.74 bits per heavy atom. The highest BCUT2D eigenvalue weighted by molar-refractivity contribution is 6.30. The first-order valence-electron chi connectivity index (χ1n) is 7.76. The van der Waals surface area contributed by atoms with Gasteiger partial charge in [-0.25, -0.2) is 0 Å². The molecule has 2 saturated carbocycles. The summed E-state index contributed by atoms with van der Waals surface area (Å²) in [7, 11) is 0. The molecule has 1 N–H and O–H groups in total. The Balaban J connectivity index is 1.46. The molecule has 1 aromatic rings. The normalized spacial score (nSPS) is 27.9. The van der Waals surface area contributed by atoms with Crippen LogP contribution in [0.4, 0.5) is 0 Å². The van der Waals surface area contributed by atoms with Crippen LogP contribution < -0.4 is 5.32 Å². The van der Waals surface area contributed by atoms with E-state index in [-0.39, 0.29) is 0 Å². The Morgan fingerprint density at radius 1 is 1.32 bits per heavy atom. The minimum absolute atomic E-state index is 0.717. The van der Waals surface area contributed by atoms with Crippen molar-refractivity contribution in [3.05, 3.63) is 34.9 Å². The molecule has 104 valence electrons. The van der Waals surface area contributed by atoms with Gasteiger partial charge < -0.3 is 5.32 Å². The highest BCUT2D eigenvalue weighted by Gasteiger charge is 2.33. The zero-order valence-electron chi connectivity index (χ0n) is 11.7. The van der Waals surface area contributed by atoms with Gasteiger partial charge in [-0.1, -0.05) is 43.5 Å². The third-order valence-electron chi connectivity index (χ3n) is 4.74. The molecule has 2 fully saturated rings. The lowest BCUT2D eigenvalue weighted by Gasteiger charge is -2.39. The number of rotatable bonds is 6. The summed E-state index contributed by atoms with van der Waals surface area (Å²) >= 11 is 6.06. The van der Waals surface area contributed by atoms with E-state index in [1.807, 2.05) is 6.07 Å². The van der Waals surface area contributed by atoms with Gasteiger partial charge in [0.15, 0.2) is 0 Å².